The van der Waals surface area contributed by atoms with Crippen LogP contribution in [0.2, 0.25) is 0 Å². The Balaban J connectivity index is 1.93. The van der Waals surface area contributed by atoms with E-state index in [9.17, 15) is 4.79 Å². The first kappa shape index (κ1) is 9.97. The molecule has 1 aliphatic carbocycles. The molecule has 1 saturated heterocycles. The van der Waals surface area contributed by atoms with Crippen molar-refractivity contribution in [2.75, 3.05) is 13.1 Å². The van der Waals surface area contributed by atoms with Crippen molar-refractivity contribution in [2.24, 2.45) is 5.41 Å². The first-order valence-corrected chi connectivity index (χ1v) is 5.64. The van der Waals surface area contributed by atoms with Gasteiger partial charge in [-0.2, -0.15) is 0 Å². The van der Waals surface area contributed by atoms with Crippen molar-refractivity contribution in [3.8, 4) is 0 Å². The number of hydrogen-bond donors (Lipinski definition) is 2. The second kappa shape index (κ2) is 3.23. The Bertz CT molecular complexity index is 236. The first-order chi connectivity index (χ1) is 6.60. The Morgan fingerprint density at radius 1 is 1.43 bits per heavy atom. The van der Waals surface area contributed by atoms with Gasteiger partial charge in [0, 0.05) is 18.6 Å². The smallest absolute Gasteiger partial charge is 0.228 e. The van der Waals surface area contributed by atoms with Crippen LogP contribution in [-0.4, -0.2) is 24.5 Å². The summed E-state index contributed by atoms with van der Waals surface area (Å²) < 4.78 is 0. The van der Waals surface area contributed by atoms with Gasteiger partial charge in [0.25, 0.3) is 0 Å². The molecule has 2 fully saturated rings. The molecular weight excluding hydrogens is 176 g/mol. The zero-order valence-electron chi connectivity index (χ0n) is 9.15. The maximum absolute atomic E-state index is 12.0. The van der Waals surface area contributed by atoms with Gasteiger partial charge in [-0.3, -0.25) is 4.79 Å². The zero-order valence-corrected chi connectivity index (χ0v) is 9.15. The molecule has 2 N–H and O–H groups in total. The van der Waals surface area contributed by atoms with Gasteiger partial charge in [0.1, 0.15) is 0 Å². The molecule has 1 amide bonds. The number of nitrogens with one attached hydrogen (secondary N) is 2. The van der Waals surface area contributed by atoms with E-state index in [-0.39, 0.29) is 16.9 Å². The molecule has 14 heavy (non-hydrogen) atoms. The summed E-state index contributed by atoms with van der Waals surface area (Å²) in [6.45, 7) is 5.87. The minimum Gasteiger partial charge on any atom is -0.350 e. The summed E-state index contributed by atoms with van der Waals surface area (Å²) in [6, 6.07) is 0. The highest BCUT2D eigenvalue weighted by atomic mass is 16.2. The molecule has 0 aromatic carbocycles. The molecule has 0 atom stereocenters. The summed E-state index contributed by atoms with van der Waals surface area (Å²) in [5.74, 6) is 0.248. The van der Waals surface area contributed by atoms with Gasteiger partial charge in [-0.25, -0.2) is 0 Å². The van der Waals surface area contributed by atoms with Crippen molar-refractivity contribution >= 4 is 5.91 Å². The van der Waals surface area contributed by atoms with Gasteiger partial charge in [0.2, 0.25) is 5.91 Å². The minimum atomic E-state index is -0.141. The van der Waals surface area contributed by atoms with Gasteiger partial charge in [-0.1, -0.05) is 6.92 Å². The summed E-state index contributed by atoms with van der Waals surface area (Å²) in [7, 11) is 0. The van der Waals surface area contributed by atoms with E-state index in [0.29, 0.717) is 0 Å². The molecule has 3 nitrogen and oxygen atoms in total. The van der Waals surface area contributed by atoms with Crippen LogP contribution in [-0.2, 0) is 4.79 Å². The number of rotatable bonds is 3. The van der Waals surface area contributed by atoms with Crippen molar-refractivity contribution in [1.82, 2.24) is 10.6 Å². The number of carbonyl (C=O) groups is 1. The molecule has 0 bridgehead atoms. The third-order valence-electron chi connectivity index (χ3n) is 3.94. The van der Waals surface area contributed by atoms with E-state index in [1.54, 1.807) is 0 Å². The second-order valence-electron chi connectivity index (χ2n) is 5.11. The Kier molecular flexibility index (Phi) is 2.30. The summed E-state index contributed by atoms with van der Waals surface area (Å²) in [5.41, 5.74) is 0.00738. The molecule has 0 unspecified atom stereocenters. The van der Waals surface area contributed by atoms with Gasteiger partial charge < -0.3 is 10.6 Å². The summed E-state index contributed by atoms with van der Waals surface area (Å²) in [6.07, 6.45) is 4.67. The molecule has 0 spiro atoms. The molecule has 0 aromatic rings. The monoisotopic (exact) mass is 196 g/mol. The van der Waals surface area contributed by atoms with Gasteiger partial charge in [-0.05, 0) is 32.6 Å². The lowest BCUT2D eigenvalue weighted by molar-refractivity contribution is -0.136. The Hall–Kier alpha value is -0.570. The maximum atomic E-state index is 12.0. The van der Waals surface area contributed by atoms with E-state index >= 15 is 0 Å². The minimum absolute atomic E-state index is 0.141. The largest absolute Gasteiger partial charge is 0.350 e. The van der Waals surface area contributed by atoms with Crippen molar-refractivity contribution in [3.63, 3.8) is 0 Å². The lowest BCUT2D eigenvalue weighted by atomic mass is 9.73. The van der Waals surface area contributed by atoms with Gasteiger partial charge in [0.05, 0.1) is 5.41 Å². The van der Waals surface area contributed by atoms with Crippen LogP contribution < -0.4 is 10.6 Å². The van der Waals surface area contributed by atoms with E-state index in [4.69, 9.17) is 0 Å². The zero-order chi connectivity index (χ0) is 10.2. The Morgan fingerprint density at radius 3 is 2.36 bits per heavy atom. The van der Waals surface area contributed by atoms with Crippen LogP contribution in [0.5, 0.6) is 0 Å². The van der Waals surface area contributed by atoms with Crippen LogP contribution in [0.3, 0.4) is 0 Å². The van der Waals surface area contributed by atoms with E-state index < -0.39 is 0 Å². The summed E-state index contributed by atoms with van der Waals surface area (Å²) in [5, 5.41) is 6.40. The molecule has 1 aliphatic heterocycles. The number of hydrogen-bond acceptors (Lipinski definition) is 2. The van der Waals surface area contributed by atoms with Crippen molar-refractivity contribution < 1.29 is 4.79 Å². The topological polar surface area (TPSA) is 41.1 Å². The van der Waals surface area contributed by atoms with Crippen molar-refractivity contribution in [1.29, 1.82) is 0 Å². The second-order valence-corrected chi connectivity index (χ2v) is 5.11. The lowest BCUT2D eigenvalue weighted by Gasteiger charge is -2.46. The Morgan fingerprint density at radius 2 is 2.07 bits per heavy atom. The average Bonchev–Trinajstić information content (AvgIpc) is 2.07. The molecule has 80 valence electrons. The summed E-state index contributed by atoms with van der Waals surface area (Å²) in [4.78, 5) is 12.0. The highest BCUT2D eigenvalue weighted by Crippen LogP contribution is 2.36. The molecule has 0 aromatic heterocycles. The predicted molar refractivity (Wildman–Crippen MR) is 56.0 cm³/mol. The molecular formula is C11H20N2O. The van der Waals surface area contributed by atoms with E-state index in [1.165, 1.54) is 19.3 Å². The number of carbonyl (C=O) groups excluding carboxylic acids is 1. The molecule has 2 aliphatic rings. The molecule has 2 rings (SSSR count). The van der Waals surface area contributed by atoms with E-state index in [0.717, 1.165) is 19.5 Å². The molecule has 1 saturated carbocycles. The third kappa shape index (κ3) is 1.44. The van der Waals surface area contributed by atoms with Gasteiger partial charge in [-0.15, -0.1) is 0 Å². The molecule has 1 heterocycles. The van der Waals surface area contributed by atoms with Gasteiger partial charge in [0.15, 0.2) is 0 Å². The third-order valence-corrected chi connectivity index (χ3v) is 3.94. The van der Waals surface area contributed by atoms with Crippen LogP contribution in [0.15, 0.2) is 0 Å². The average molecular weight is 196 g/mol. The number of amides is 1. The Labute approximate surface area is 85.6 Å². The van der Waals surface area contributed by atoms with E-state index in [2.05, 4.69) is 17.6 Å². The highest BCUT2D eigenvalue weighted by Gasteiger charge is 2.44. The van der Waals surface area contributed by atoms with Crippen LogP contribution in [0.4, 0.5) is 0 Å². The summed E-state index contributed by atoms with van der Waals surface area (Å²) >= 11 is 0. The normalized spacial score (nSPS) is 27.3. The molecule has 3 heteroatoms. The quantitative estimate of drug-likeness (QED) is 0.708. The highest BCUT2D eigenvalue weighted by molar-refractivity contribution is 5.84. The fourth-order valence-electron chi connectivity index (χ4n) is 2.22. The SMILES string of the molecule is CCC1(NC(=O)C2(C)CNC2)CCC1. The standard InChI is InChI=1S/C11H20N2O/c1-3-11(5-4-6-11)13-9(14)10(2)7-12-8-10/h12H,3-8H2,1-2H3,(H,13,14). The van der Waals surface area contributed by atoms with Crippen LogP contribution in [0.1, 0.15) is 39.5 Å². The first-order valence-electron chi connectivity index (χ1n) is 5.64. The molecule has 0 radical (unpaired) electrons. The van der Waals surface area contributed by atoms with E-state index in [1.807, 2.05) is 6.92 Å². The van der Waals surface area contributed by atoms with Crippen LogP contribution in [0, 0.1) is 5.41 Å². The van der Waals surface area contributed by atoms with Crippen molar-refractivity contribution in [2.45, 2.75) is 45.1 Å². The lowest BCUT2D eigenvalue weighted by Crippen LogP contribution is -2.64. The van der Waals surface area contributed by atoms with Crippen molar-refractivity contribution in [3.05, 3.63) is 0 Å². The van der Waals surface area contributed by atoms with Crippen LogP contribution in [0.25, 0.3) is 0 Å². The predicted octanol–water partition coefficient (Wildman–Crippen LogP) is 1.04. The van der Waals surface area contributed by atoms with Crippen LogP contribution >= 0.6 is 0 Å². The van der Waals surface area contributed by atoms with Gasteiger partial charge >= 0.3 is 0 Å². The fraction of sp³-hybridized carbons (Fsp3) is 0.909. The fourth-order valence-corrected chi connectivity index (χ4v) is 2.22. The maximum Gasteiger partial charge on any atom is 0.228 e.